The first-order chi connectivity index (χ1) is 10.8. The Kier molecular flexibility index (Phi) is 3.27. The number of amides is 1. The Bertz CT molecular complexity index is 826. The molecule has 22 heavy (non-hydrogen) atoms. The highest BCUT2D eigenvalue weighted by molar-refractivity contribution is 7.10. The van der Waals surface area contributed by atoms with Gasteiger partial charge in [0.05, 0.1) is 0 Å². The maximum atomic E-state index is 12.3. The molecule has 0 unspecified atom stereocenters. The smallest absolute Gasteiger partial charge is 0.322 e. The highest BCUT2D eigenvalue weighted by atomic mass is 32.1. The van der Waals surface area contributed by atoms with Crippen LogP contribution in [0.1, 0.15) is 10.4 Å². The Balaban J connectivity index is 1.43. The van der Waals surface area contributed by atoms with E-state index >= 15 is 0 Å². The summed E-state index contributed by atoms with van der Waals surface area (Å²) in [7, 11) is 0. The van der Waals surface area contributed by atoms with Crippen LogP contribution in [0.3, 0.4) is 0 Å². The van der Waals surface area contributed by atoms with Gasteiger partial charge in [-0.05, 0) is 35.6 Å². The molecule has 0 aromatic carbocycles. The SMILES string of the molecule is O=C(COc1nnc2ccccn12)N1CCc2sccc2C1. The Morgan fingerprint density at radius 3 is 3.23 bits per heavy atom. The summed E-state index contributed by atoms with van der Waals surface area (Å²) in [5, 5.41) is 10.0. The van der Waals surface area contributed by atoms with Crippen LogP contribution in [0.4, 0.5) is 0 Å². The van der Waals surface area contributed by atoms with Crippen LogP contribution in [0.15, 0.2) is 35.8 Å². The summed E-state index contributed by atoms with van der Waals surface area (Å²) in [4.78, 5) is 15.5. The first-order valence-electron chi connectivity index (χ1n) is 7.07. The summed E-state index contributed by atoms with van der Waals surface area (Å²) in [6.07, 6.45) is 2.74. The number of rotatable bonds is 3. The maximum Gasteiger partial charge on any atom is 0.322 e. The van der Waals surface area contributed by atoms with Crippen LogP contribution in [-0.4, -0.2) is 38.6 Å². The highest BCUT2D eigenvalue weighted by Crippen LogP contribution is 2.24. The van der Waals surface area contributed by atoms with Crippen molar-refractivity contribution in [1.82, 2.24) is 19.5 Å². The predicted octanol–water partition coefficient (Wildman–Crippen LogP) is 1.75. The molecule has 4 heterocycles. The lowest BCUT2D eigenvalue weighted by Gasteiger charge is -2.26. The third-order valence-electron chi connectivity index (χ3n) is 3.77. The van der Waals surface area contributed by atoms with E-state index in [4.69, 9.17) is 4.74 Å². The molecular weight excluding hydrogens is 300 g/mol. The number of thiophene rings is 1. The Morgan fingerprint density at radius 2 is 2.27 bits per heavy atom. The fourth-order valence-corrected chi connectivity index (χ4v) is 3.49. The summed E-state index contributed by atoms with van der Waals surface area (Å²) >= 11 is 1.76. The Morgan fingerprint density at radius 1 is 1.32 bits per heavy atom. The van der Waals surface area contributed by atoms with Gasteiger partial charge in [0, 0.05) is 24.2 Å². The second kappa shape index (κ2) is 5.42. The summed E-state index contributed by atoms with van der Waals surface area (Å²) in [5.41, 5.74) is 1.95. The van der Waals surface area contributed by atoms with Crippen molar-refractivity contribution in [1.29, 1.82) is 0 Å². The molecule has 0 aliphatic carbocycles. The van der Waals surface area contributed by atoms with Crippen LogP contribution in [-0.2, 0) is 17.8 Å². The molecule has 3 aromatic rings. The number of aromatic nitrogens is 3. The van der Waals surface area contributed by atoms with Crippen molar-refractivity contribution in [2.45, 2.75) is 13.0 Å². The molecule has 0 saturated heterocycles. The van der Waals surface area contributed by atoms with E-state index in [1.807, 2.05) is 29.3 Å². The van der Waals surface area contributed by atoms with Gasteiger partial charge in [-0.1, -0.05) is 11.2 Å². The number of hydrogen-bond donors (Lipinski definition) is 0. The number of pyridine rings is 1. The van der Waals surface area contributed by atoms with Gasteiger partial charge < -0.3 is 9.64 Å². The zero-order chi connectivity index (χ0) is 14.9. The summed E-state index contributed by atoms with van der Waals surface area (Å²) in [5.74, 6) is -0.0236. The van der Waals surface area contributed by atoms with Crippen molar-refractivity contribution in [3.05, 3.63) is 46.3 Å². The van der Waals surface area contributed by atoms with Gasteiger partial charge in [0.1, 0.15) is 0 Å². The average molecular weight is 314 g/mol. The van der Waals surface area contributed by atoms with E-state index in [0.717, 1.165) is 13.0 Å². The molecule has 1 aliphatic heterocycles. The molecule has 4 rings (SSSR count). The summed E-state index contributed by atoms with van der Waals surface area (Å²) < 4.78 is 7.27. The lowest BCUT2D eigenvalue weighted by Crippen LogP contribution is -2.38. The molecule has 1 amide bonds. The third kappa shape index (κ3) is 2.33. The second-order valence-corrected chi connectivity index (χ2v) is 6.14. The van der Waals surface area contributed by atoms with Gasteiger partial charge in [0.25, 0.3) is 5.91 Å². The molecule has 112 valence electrons. The van der Waals surface area contributed by atoms with E-state index in [1.54, 1.807) is 15.7 Å². The summed E-state index contributed by atoms with van der Waals surface area (Å²) in [6.45, 7) is 1.40. The van der Waals surface area contributed by atoms with Gasteiger partial charge in [-0.3, -0.25) is 9.20 Å². The van der Waals surface area contributed by atoms with Gasteiger partial charge >= 0.3 is 6.01 Å². The van der Waals surface area contributed by atoms with E-state index in [0.29, 0.717) is 18.2 Å². The molecule has 7 heteroatoms. The number of fused-ring (bicyclic) bond motifs is 2. The fraction of sp³-hybridized carbons (Fsp3) is 0.267. The lowest BCUT2D eigenvalue weighted by molar-refractivity contribution is -0.134. The molecule has 0 fully saturated rings. The minimum absolute atomic E-state index is 0.0187. The zero-order valence-electron chi connectivity index (χ0n) is 11.8. The summed E-state index contributed by atoms with van der Waals surface area (Å²) in [6, 6.07) is 8.02. The van der Waals surface area contributed by atoms with E-state index < -0.39 is 0 Å². The van der Waals surface area contributed by atoms with Crippen LogP contribution < -0.4 is 4.74 Å². The first-order valence-corrected chi connectivity index (χ1v) is 7.95. The molecule has 0 bridgehead atoms. The number of hydrogen-bond acceptors (Lipinski definition) is 5. The topological polar surface area (TPSA) is 59.7 Å². The van der Waals surface area contributed by atoms with Crippen LogP contribution >= 0.6 is 11.3 Å². The molecular formula is C15H14N4O2S. The van der Waals surface area contributed by atoms with E-state index in [9.17, 15) is 4.79 Å². The molecule has 3 aromatic heterocycles. The lowest BCUT2D eigenvalue weighted by atomic mass is 10.1. The van der Waals surface area contributed by atoms with Crippen LogP contribution in [0.25, 0.3) is 5.65 Å². The van der Waals surface area contributed by atoms with E-state index in [2.05, 4.69) is 21.6 Å². The van der Waals surface area contributed by atoms with Crippen molar-refractivity contribution >= 4 is 22.9 Å². The van der Waals surface area contributed by atoms with Gasteiger partial charge in [-0.2, -0.15) is 0 Å². The fourth-order valence-electron chi connectivity index (χ4n) is 2.60. The molecule has 0 spiro atoms. The Hall–Kier alpha value is -2.41. The number of carbonyl (C=O) groups excluding carboxylic acids is 1. The van der Waals surface area contributed by atoms with Crippen molar-refractivity contribution in [2.75, 3.05) is 13.2 Å². The number of carbonyl (C=O) groups is 1. The first kappa shape index (κ1) is 13.3. The van der Waals surface area contributed by atoms with Gasteiger partial charge in [-0.25, -0.2) is 0 Å². The van der Waals surface area contributed by atoms with Crippen LogP contribution in [0, 0.1) is 0 Å². The van der Waals surface area contributed by atoms with Crippen molar-refractivity contribution in [2.24, 2.45) is 0 Å². The van der Waals surface area contributed by atoms with Crippen LogP contribution in [0.5, 0.6) is 6.01 Å². The third-order valence-corrected chi connectivity index (χ3v) is 4.79. The molecule has 1 aliphatic rings. The molecule has 0 saturated carbocycles. The monoisotopic (exact) mass is 314 g/mol. The van der Waals surface area contributed by atoms with E-state index in [-0.39, 0.29) is 12.5 Å². The van der Waals surface area contributed by atoms with Crippen molar-refractivity contribution in [3.8, 4) is 6.01 Å². The standard InChI is InChI=1S/C15H14N4O2S/c20-14(18-7-4-12-11(9-18)5-8-22-12)10-21-15-17-16-13-3-1-2-6-19(13)15/h1-3,5-6,8H,4,7,9-10H2. The average Bonchev–Trinajstić information content (AvgIpc) is 3.18. The highest BCUT2D eigenvalue weighted by Gasteiger charge is 2.22. The predicted molar refractivity (Wildman–Crippen MR) is 81.9 cm³/mol. The van der Waals surface area contributed by atoms with Gasteiger partial charge in [0.2, 0.25) is 0 Å². The normalized spacial score (nSPS) is 14.1. The van der Waals surface area contributed by atoms with Gasteiger partial charge in [0.15, 0.2) is 12.3 Å². The Labute approximate surface area is 131 Å². The number of nitrogens with zero attached hydrogens (tertiary/aromatic N) is 4. The minimum Gasteiger partial charge on any atom is -0.453 e. The maximum absolute atomic E-state index is 12.3. The van der Waals surface area contributed by atoms with Gasteiger partial charge in [-0.15, -0.1) is 16.4 Å². The molecule has 0 N–H and O–H groups in total. The zero-order valence-corrected chi connectivity index (χ0v) is 12.6. The van der Waals surface area contributed by atoms with Crippen LogP contribution in [0.2, 0.25) is 0 Å². The second-order valence-electron chi connectivity index (χ2n) is 5.13. The molecule has 6 nitrogen and oxygen atoms in total. The quantitative estimate of drug-likeness (QED) is 0.739. The molecule has 0 radical (unpaired) electrons. The molecule has 0 atom stereocenters. The van der Waals surface area contributed by atoms with E-state index in [1.165, 1.54) is 10.4 Å². The van der Waals surface area contributed by atoms with Crippen molar-refractivity contribution in [3.63, 3.8) is 0 Å². The minimum atomic E-state index is -0.0236. The van der Waals surface area contributed by atoms with Crippen molar-refractivity contribution < 1.29 is 9.53 Å². The largest absolute Gasteiger partial charge is 0.453 e. The number of ether oxygens (including phenoxy) is 1.